The Hall–Kier alpha value is -0.670. The van der Waals surface area contributed by atoms with Crippen molar-refractivity contribution in [2.24, 2.45) is 5.92 Å². The molecule has 17 heavy (non-hydrogen) atoms. The fraction of sp³-hybridized carbons (Fsp3) is 0.538. The first-order valence-electron chi connectivity index (χ1n) is 5.93. The lowest BCUT2D eigenvalue weighted by atomic mass is 9.91. The molecule has 1 saturated heterocycles. The normalized spacial score (nSPS) is 20.6. The minimum Gasteiger partial charge on any atom is -0.316 e. The van der Waals surface area contributed by atoms with Gasteiger partial charge in [0.25, 0.3) is 0 Å². The van der Waals surface area contributed by atoms with Crippen molar-refractivity contribution in [2.75, 3.05) is 13.1 Å². The summed E-state index contributed by atoms with van der Waals surface area (Å²) in [4.78, 5) is 0. The van der Waals surface area contributed by atoms with Crippen molar-refractivity contribution in [2.45, 2.75) is 26.2 Å². The van der Waals surface area contributed by atoms with Crippen molar-refractivity contribution in [3.63, 3.8) is 0 Å². The van der Waals surface area contributed by atoms with E-state index >= 15 is 0 Å². The molecule has 4 heteroatoms. The molecular weight excluding hydrogens is 244 g/mol. The third-order valence-electron chi connectivity index (χ3n) is 3.32. The standard InChI is InChI=1S/C13H16ClF2N/c1-8-5-11(14)13(16)10(12(8)15)6-9-3-2-4-17-7-9/h5,9,17H,2-4,6-7H2,1H3. The first-order chi connectivity index (χ1) is 8.09. The maximum Gasteiger partial charge on any atom is 0.147 e. The van der Waals surface area contributed by atoms with E-state index in [-0.39, 0.29) is 10.6 Å². The van der Waals surface area contributed by atoms with Crippen molar-refractivity contribution in [3.8, 4) is 0 Å². The zero-order valence-corrected chi connectivity index (χ0v) is 10.6. The van der Waals surface area contributed by atoms with Crippen molar-refractivity contribution in [1.29, 1.82) is 0 Å². The average molecular weight is 260 g/mol. The predicted molar refractivity (Wildman–Crippen MR) is 65.4 cm³/mol. The van der Waals surface area contributed by atoms with Gasteiger partial charge in [-0.25, -0.2) is 8.78 Å². The van der Waals surface area contributed by atoms with E-state index in [0.29, 0.717) is 17.9 Å². The topological polar surface area (TPSA) is 12.0 Å². The van der Waals surface area contributed by atoms with E-state index in [0.717, 1.165) is 25.9 Å². The third-order valence-corrected chi connectivity index (χ3v) is 3.60. The highest BCUT2D eigenvalue weighted by Gasteiger charge is 2.21. The molecule has 94 valence electrons. The van der Waals surface area contributed by atoms with Crippen LogP contribution in [0.5, 0.6) is 0 Å². The van der Waals surface area contributed by atoms with Crippen LogP contribution in [0.1, 0.15) is 24.0 Å². The Morgan fingerprint density at radius 3 is 2.82 bits per heavy atom. The van der Waals surface area contributed by atoms with Gasteiger partial charge >= 0.3 is 0 Å². The van der Waals surface area contributed by atoms with E-state index in [2.05, 4.69) is 5.32 Å². The Labute approximate surface area is 105 Å². The van der Waals surface area contributed by atoms with Crippen LogP contribution in [0.3, 0.4) is 0 Å². The van der Waals surface area contributed by atoms with Gasteiger partial charge in [-0.3, -0.25) is 0 Å². The van der Waals surface area contributed by atoms with E-state index in [1.807, 2.05) is 0 Å². The van der Waals surface area contributed by atoms with Crippen LogP contribution in [0.4, 0.5) is 8.78 Å². The Balaban J connectivity index is 2.24. The summed E-state index contributed by atoms with van der Waals surface area (Å²) in [5.41, 5.74) is 0.555. The lowest BCUT2D eigenvalue weighted by molar-refractivity contribution is 0.366. The summed E-state index contributed by atoms with van der Waals surface area (Å²) in [6.07, 6.45) is 2.50. The number of rotatable bonds is 2. The maximum absolute atomic E-state index is 13.9. The van der Waals surface area contributed by atoms with Crippen molar-refractivity contribution in [1.82, 2.24) is 5.32 Å². The van der Waals surface area contributed by atoms with E-state index in [1.165, 1.54) is 6.07 Å². The van der Waals surface area contributed by atoms with Crippen LogP contribution in [0, 0.1) is 24.5 Å². The molecule has 2 rings (SSSR count). The molecule has 1 nitrogen and oxygen atoms in total. The second kappa shape index (κ2) is 5.32. The number of hydrogen-bond acceptors (Lipinski definition) is 1. The van der Waals surface area contributed by atoms with Gasteiger partial charge < -0.3 is 5.32 Å². The second-order valence-electron chi connectivity index (χ2n) is 4.70. The van der Waals surface area contributed by atoms with Crippen LogP contribution < -0.4 is 5.32 Å². The van der Waals surface area contributed by atoms with Crippen molar-refractivity contribution < 1.29 is 8.78 Å². The predicted octanol–water partition coefficient (Wildman–Crippen LogP) is 3.47. The Bertz CT molecular complexity index is 388. The van der Waals surface area contributed by atoms with Gasteiger partial charge in [0.15, 0.2) is 0 Å². The molecule has 0 aromatic heterocycles. The van der Waals surface area contributed by atoms with Crippen LogP contribution >= 0.6 is 11.6 Å². The molecule has 0 spiro atoms. The summed E-state index contributed by atoms with van der Waals surface area (Å²) >= 11 is 5.75. The molecule has 1 heterocycles. The summed E-state index contributed by atoms with van der Waals surface area (Å²) in [7, 11) is 0. The molecule has 1 atom stereocenters. The van der Waals surface area contributed by atoms with Crippen LogP contribution in [0.15, 0.2) is 6.07 Å². The number of hydrogen-bond donors (Lipinski definition) is 1. The molecule has 0 bridgehead atoms. The van der Waals surface area contributed by atoms with Crippen LogP contribution in [0.2, 0.25) is 5.02 Å². The highest BCUT2D eigenvalue weighted by molar-refractivity contribution is 6.30. The molecule has 1 unspecified atom stereocenters. The summed E-state index contributed by atoms with van der Waals surface area (Å²) in [6.45, 7) is 3.43. The van der Waals surface area contributed by atoms with Crippen molar-refractivity contribution >= 4 is 11.6 Å². The van der Waals surface area contributed by atoms with E-state index in [4.69, 9.17) is 11.6 Å². The highest BCUT2D eigenvalue weighted by Crippen LogP contribution is 2.27. The molecule has 1 aromatic rings. The van der Waals surface area contributed by atoms with Crippen molar-refractivity contribution in [3.05, 3.63) is 33.9 Å². The smallest absolute Gasteiger partial charge is 0.147 e. The fourth-order valence-corrected chi connectivity index (χ4v) is 2.64. The lowest BCUT2D eigenvalue weighted by Crippen LogP contribution is -2.31. The number of nitrogens with one attached hydrogen (secondary N) is 1. The van der Waals surface area contributed by atoms with E-state index < -0.39 is 11.6 Å². The Morgan fingerprint density at radius 1 is 1.41 bits per heavy atom. The fourth-order valence-electron chi connectivity index (χ4n) is 2.36. The molecule has 0 amide bonds. The SMILES string of the molecule is Cc1cc(Cl)c(F)c(CC2CCCNC2)c1F. The van der Waals surface area contributed by atoms with Crippen LogP contribution in [-0.4, -0.2) is 13.1 Å². The Kier molecular flexibility index (Phi) is 4.00. The third kappa shape index (κ3) is 2.78. The average Bonchev–Trinajstić information content (AvgIpc) is 2.33. The minimum atomic E-state index is -0.597. The molecule has 1 aliphatic heterocycles. The monoisotopic (exact) mass is 259 g/mol. The Morgan fingerprint density at radius 2 is 2.18 bits per heavy atom. The molecular formula is C13H16ClF2N. The number of halogens is 3. The molecule has 1 fully saturated rings. The van der Waals surface area contributed by atoms with Crippen LogP contribution in [0.25, 0.3) is 0 Å². The van der Waals surface area contributed by atoms with Gasteiger partial charge in [0.05, 0.1) is 5.02 Å². The molecule has 1 aliphatic rings. The summed E-state index contributed by atoms with van der Waals surface area (Å²) in [5, 5.41) is 3.26. The van der Waals surface area contributed by atoms with Gasteiger partial charge in [0, 0.05) is 5.56 Å². The first-order valence-corrected chi connectivity index (χ1v) is 6.31. The second-order valence-corrected chi connectivity index (χ2v) is 5.11. The zero-order chi connectivity index (χ0) is 12.4. The maximum atomic E-state index is 13.9. The van der Waals surface area contributed by atoms with E-state index in [1.54, 1.807) is 6.92 Å². The quantitative estimate of drug-likeness (QED) is 0.802. The van der Waals surface area contributed by atoms with Gasteiger partial charge in [-0.1, -0.05) is 11.6 Å². The van der Waals surface area contributed by atoms with Gasteiger partial charge in [-0.15, -0.1) is 0 Å². The van der Waals surface area contributed by atoms with Gasteiger partial charge in [-0.05, 0) is 56.8 Å². The number of piperidine rings is 1. The summed E-state index contributed by atoms with van der Waals surface area (Å²) in [6, 6.07) is 1.34. The molecule has 1 aromatic carbocycles. The summed E-state index contributed by atoms with van der Waals surface area (Å²) in [5.74, 6) is -0.747. The van der Waals surface area contributed by atoms with Gasteiger partial charge in [0.1, 0.15) is 11.6 Å². The van der Waals surface area contributed by atoms with Gasteiger partial charge in [-0.2, -0.15) is 0 Å². The van der Waals surface area contributed by atoms with Gasteiger partial charge in [0.2, 0.25) is 0 Å². The first kappa shape index (κ1) is 12.8. The molecule has 0 aliphatic carbocycles. The minimum absolute atomic E-state index is 0.0164. The highest BCUT2D eigenvalue weighted by atomic mass is 35.5. The molecule has 0 saturated carbocycles. The molecule has 0 radical (unpaired) electrons. The largest absolute Gasteiger partial charge is 0.316 e. The van der Waals surface area contributed by atoms with E-state index in [9.17, 15) is 8.78 Å². The molecule has 1 N–H and O–H groups in total. The lowest BCUT2D eigenvalue weighted by Gasteiger charge is -2.23. The number of benzene rings is 1. The summed E-state index contributed by atoms with van der Waals surface area (Å²) < 4.78 is 27.7. The number of aryl methyl sites for hydroxylation is 1. The van der Waals surface area contributed by atoms with Crippen LogP contribution in [-0.2, 0) is 6.42 Å². The zero-order valence-electron chi connectivity index (χ0n) is 9.82.